The molecule has 3 nitrogen and oxygen atoms in total. The van der Waals surface area contributed by atoms with E-state index >= 15 is 0 Å². The molecule has 2 saturated heterocycles. The maximum atomic E-state index is 6.41. The monoisotopic (exact) mass is 380 g/mol. The standard InChI is InChI=1S/C26H24N2O/c1-16-9-10-18-19-6-5-15-27-24(19)29-23(18)22(16)28-17(2)25-11-13-26(28,14-12-25)21-8-4-3-7-20(21)25/h3-10,15,17H,11-14H2,1-2H3/t17-,25?,26?/m0/s1. The highest BCUT2D eigenvalue weighted by atomic mass is 16.3. The van der Waals surface area contributed by atoms with Crippen molar-refractivity contribution in [2.45, 2.75) is 56.5 Å². The summed E-state index contributed by atoms with van der Waals surface area (Å²) in [5.74, 6) is 0. The fourth-order valence-corrected chi connectivity index (χ4v) is 7.07. The molecule has 3 fully saturated rings. The lowest BCUT2D eigenvalue weighted by molar-refractivity contribution is 0.0556. The van der Waals surface area contributed by atoms with E-state index in [9.17, 15) is 0 Å². The number of piperidine rings is 2. The van der Waals surface area contributed by atoms with Crippen LogP contribution in [0.1, 0.15) is 49.3 Å². The van der Waals surface area contributed by atoms with E-state index in [1.165, 1.54) is 42.3 Å². The van der Waals surface area contributed by atoms with Crippen LogP contribution in [-0.2, 0) is 11.0 Å². The minimum absolute atomic E-state index is 0.0848. The number of pyridine rings is 1. The first-order valence-corrected chi connectivity index (χ1v) is 10.8. The Kier molecular flexibility index (Phi) is 2.78. The summed E-state index contributed by atoms with van der Waals surface area (Å²) in [6.45, 7) is 4.68. The lowest BCUT2D eigenvalue weighted by atomic mass is 9.47. The number of rotatable bonds is 1. The molecular weight excluding hydrogens is 356 g/mol. The number of aryl methyl sites for hydroxylation is 1. The molecule has 0 radical (unpaired) electrons. The Morgan fingerprint density at radius 3 is 2.55 bits per heavy atom. The Morgan fingerprint density at radius 1 is 0.931 bits per heavy atom. The molecular formula is C26H24N2O. The van der Waals surface area contributed by atoms with Gasteiger partial charge in [-0.25, -0.2) is 4.98 Å². The molecule has 0 unspecified atom stereocenters. The summed E-state index contributed by atoms with van der Waals surface area (Å²) in [6.07, 6.45) is 6.90. The summed E-state index contributed by atoms with van der Waals surface area (Å²) in [5.41, 5.74) is 7.84. The minimum Gasteiger partial charge on any atom is -0.436 e. The van der Waals surface area contributed by atoms with Crippen LogP contribution >= 0.6 is 0 Å². The minimum atomic E-state index is 0.0848. The van der Waals surface area contributed by atoms with Gasteiger partial charge in [-0.3, -0.25) is 0 Å². The third-order valence-corrected chi connectivity index (χ3v) is 8.42. The topological polar surface area (TPSA) is 29.3 Å². The molecule has 3 heteroatoms. The van der Waals surface area contributed by atoms with Gasteiger partial charge in [0, 0.05) is 28.4 Å². The van der Waals surface area contributed by atoms with Crippen molar-refractivity contribution < 1.29 is 4.42 Å². The van der Waals surface area contributed by atoms with Crippen LogP contribution in [0.2, 0.25) is 0 Å². The molecule has 3 aliphatic heterocycles. The zero-order chi connectivity index (χ0) is 19.4. The maximum absolute atomic E-state index is 6.41. The molecule has 2 bridgehead atoms. The lowest BCUT2D eigenvalue weighted by Gasteiger charge is -2.70. The van der Waals surface area contributed by atoms with Gasteiger partial charge in [-0.15, -0.1) is 0 Å². The number of hydrogen-bond acceptors (Lipinski definition) is 3. The van der Waals surface area contributed by atoms with Crippen LogP contribution in [0, 0.1) is 6.92 Å². The molecule has 0 N–H and O–H groups in total. The third kappa shape index (κ3) is 1.67. The molecule has 0 spiro atoms. The van der Waals surface area contributed by atoms with Crippen molar-refractivity contribution in [2.24, 2.45) is 0 Å². The predicted octanol–water partition coefficient (Wildman–Crippen LogP) is 6.22. The van der Waals surface area contributed by atoms with E-state index < -0.39 is 0 Å². The van der Waals surface area contributed by atoms with Gasteiger partial charge < -0.3 is 9.32 Å². The zero-order valence-electron chi connectivity index (χ0n) is 16.9. The number of anilines is 1. The largest absolute Gasteiger partial charge is 0.436 e. The average molecular weight is 380 g/mol. The molecule has 2 aromatic carbocycles. The number of hydrogen-bond donors (Lipinski definition) is 0. The van der Waals surface area contributed by atoms with E-state index in [0.717, 1.165) is 16.7 Å². The number of aromatic nitrogens is 1. The van der Waals surface area contributed by atoms with E-state index in [1.807, 2.05) is 12.3 Å². The average Bonchev–Trinajstić information content (AvgIpc) is 3.14. The smallest absolute Gasteiger partial charge is 0.227 e. The van der Waals surface area contributed by atoms with E-state index in [1.54, 1.807) is 11.1 Å². The van der Waals surface area contributed by atoms with Crippen LogP contribution in [0.4, 0.5) is 5.69 Å². The van der Waals surface area contributed by atoms with E-state index in [-0.39, 0.29) is 11.0 Å². The van der Waals surface area contributed by atoms with E-state index in [0.29, 0.717) is 6.04 Å². The van der Waals surface area contributed by atoms with Gasteiger partial charge >= 0.3 is 0 Å². The second-order valence-electron chi connectivity index (χ2n) is 9.35. The van der Waals surface area contributed by atoms with Crippen LogP contribution in [-0.4, -0.2) is 11.0 Å². The third-order valence-electron chi connectivity index (χ3n) is 8.42. The van der Waals surface area contributed by atoms with Crippen LogP contribution in [0.5, 0.6) is 0 Å². The zero-order valence-corrected chi connectivity index (χ0v) is 16.9. The molecule has 1 atom stereocenters. The van der Waals surface area contributed by atoms with Gasteiger partial charge in [0.2, 0.25) is 5.71 Å². The predicted molar refractivity (Wildman–Crippen MR) is 116 cm³/mol. The van der Waals surface area contributed by atoms with Gasteiger partial charge in [0.25, 0.3) is 0 Å². The van der Waals surface area contributed by atoms with Gasteiger partial charge in [0.1, 0.15) is 0 Å². The summed E-state index contributed by atoms with van der Waals surface area (Å²) >= 11 is 0. The Labute approximate surface area is 170 Å². The first-order valence-electron chi connectivity index (χ1n) is 10.8. The van der Waals surface area contributed by atoms with Crippen molar-refractivity contribution in [1.82, 2.24) is 4.98 Å². The molecule has 0 amide bonds. The van der Waals surface area contributed by atoms with Gasteiger partial charge in [-0.05, 0) is 68.4 Å². The lowest BCUT2D eigenvalue weighted by Crippen LogP contribution is -2.72. The van der Waals surface area contributed by atoms with Gasteiger partial charge in [0.15, 0.2) is 5.58 Å². The Hall–Kier alpha value is -2.81. The van der Waals surface area contributed by atoms with Crippen molar-refractivity contribution in [3.8, 4) is 0 Å². The van der Waals surface area contributed by atoms with E-state index in [4.69, 9.17) is 4.42 Å². The highest BCUT2D eigenvalue weighted by molar-refractivity contribution is 6.08. The molecule has 4 aromatic rings. The highest BCUT2D eigenvalue weighted by Crippen LogP contribution is 2.67. The van der Waals surface area contributed by atoms with Crippen molar-refractivity contribution >= 4 is 27.8 Å². The molecule has 2 aromatic heterocycles. The Bertz CT molecular complexity index is 1310. The van der Waals surface area contributed by atoms with Crippen molar-refractivity contribution in [3.05, 3.63) is 71.4 Å². The number of benzene rings is 2. The maximum Gasteiger partial charge on any atom is 0.227 e. The van der Waals surface area contributed by atoms with Gasteiger partial charge in [0.05, 0.1) is 11.2 Å². The first kappa shape index (κ1) is 16.0. The fourth-order valence-electron chi connectivity index (χ4n) is 7.07. The van der Waals surface area contributed by atoms with E-state index in [2.05, 4.69) is 66.2 Å². The number of nitrogens with zero attached hydrogens (tertiary/aromatic N) is 2. The van der Waals surface area contributed by atoms with Crippen LogP contribution in [0.3, 0.4) is 0 Å². The molecule has 5 heterocycles. The summed E-state index contributed by atoms with van der Waals surface area (Å²) in [7, 11) is 0. The molecule has 1 saturated carbocycles. The fraction of sp³-hybridized carbons (Fsp3) is 0.346. The summed E-state index contributed by atoms with van der Waals surface area (Å²) in [4.78, 5) is 7.25. The van der Waals surface area contributed by atoms with Gasteiger partial charge in [-0.1, -0.05) is 36.4 Å². The summed E-state index contributed by atoms with van der Waals surface area (Å²) in [6, 6.07) is 18.3. The normalized spacial score (nSPS) is 29.7. The Morgan fingerprint density at radius 2 is 1.72 bits per heavy atom. The molecule has 10 rings (SSSR count). The van der Waals surface area contributed by atoms with Gasteiger partial charge in [-0.2, -0.15) is 0 Å². The second kappa shape index (κ2) is 5.02. The van der Waals surface area contributed by atoms with Crippen molar-refractivity contribution in [1.29, 1.82) is 0 Å². The summed E-state index contributed by atoms with van der Waals surface area (Å²) < 4.78 is 6.41. The first-order chi connectivity index (χ1) is 14.2. The highest BCUT2D eigenvalue weighted by Gasteiger charge is 2.65. The molecule has 3 aliphatic carbocycles. The van der Waals surface area contributed by atoms with Crippen molar-refractivity contribution in [2.75, 3.05) is 4.90 Å². The quantitative estimate of drug-likeness (QED) is 0.393. The SMILES string of the molecule is Cc1ccc2c(oc3ncccc32)c1N1[C@@H](C)C23CCC1(CC2)c1ccccc13. The van der Waals surface area contributed by atoms with Crippen molar-refractivity contribution in [3.63, 3.8) is 0 Å². The van der Waals surface area contributed by atoms with Crippen LogP contribution < -0.4 is 4.90 Å². The van der Waals surface area contributed by atoms with Crippen LogP contribution in [0.25, 0.3) is 22.1 Å². The molecule has 144 valence electrons. The van der Waals surface area contributed by atoms with Crippen LogP contribution in [0.15, 0.2) is 59.1 Å². The molecule has 29 heavy (non-hydrogen) atoms. The summed E-state index contributed by atoms with van der Waals surface area (Å²) in [5, 5.41) is 2.29. The second-order valence-corrected chi connectivity index (χ2v) is 9.35. The Balaban J connectivity index is 1.57. The number of furan rings is 1. The molecule has 6 aliphatic rings. The number of fused-ring (bicyclic) bond motifs is 3.